The minimum Gasteiger partial charge on any atom is -0.376 e. The first-order valence-corrected chi connectivity index (χ1v) is 11.2. The number of ether oxygens (including phenoxy) is 3. The zero-order valence-corrected chi connectivity index (χ0v) is 18.6. The summed E-state index contributed by atoms with van der Waals surface area (Å²) in [5.74, 6) is 0.0118. The van der Waals surface area contributed by atoms with Gasteiger partial charge in [0.1, 0.15) is 0 Å². The molecule has 168 valence electrons. The summed E-state index contributed by atoms with van der Waals surface area (Å²) < 4.78 is 19.8. The van der Waals surface area contributed by atoms with Crippen molar-refractivity contribution in [2.75, 3.05) is 32.9 Å². The monoisotopic (exact) mass is 427 g/mol. The molecule has 0 aliphatic carbocycles. The zero-order chi connectivity index (χ0) is 21.7. The molecule has 2 saturated heterocycles. The van der Waals surface area contributed by atoms with Gasteiger partial charge in [0.2, 0.25) is 0 Å². The van der Waals surface area contributed by atoms with Crippen LogP contribution < -0.4 is 0 Å². The van der Waals surface area contributed by atoms with E-state index in [1.54, 1.807) is 4.68 Å². The highest BCUT2D eigenvalue weighted by Gasteiger charge is 2.41. The Labute approximate surface area is 184 Å². The molecule has 1 aromatic heterocycles. The third-order valence-corrected chi connectivity index (χ3v) is 6.44. The van der Waals surface area contributed by atoms with Crippen molar-refractivity contribution < 1.29 is 19.0 Å². The number of likely N-dealkylation sites (tertiary alicyclic amines) is 1. The molecule has 31 heavy (non-hydrogen) atoms. The van der Waals surface area contributed by atoms with E-state index < -0.39 is 0 Å². The van der Waals surface area contributed by atoms with Gasteiger partial charge in [0.25, 0.3) is 5.91 Å². The summed E-state index contributed by atoms with van der Waals surface area (Å²) in [5.41, 5.74) is 2.51. The Morgan fingerprint density at radius 3 is 2.71 bits per heavy atom. The van der Waals surface area contributed by atoms with Crippen LogP contribution in [0.4, 0.5) is 0 Å². The number of piperidine rings is 1. The Balaban J connectivity index is 1.20. The number of rotatable bonds is 7. The van der Waals surface area contributed by atoms with E-state index in [1.807, 2.05) is 43.1 Å². The quantitative estimate of drug-likeness (QED) is 0.635. The molecule has 0 radical (unpaired) electrons. The third kappa shape index (κ3) is 5.53. The number of carbonyl (C=O) groups is 1. The maximum Gasteiger partial charge on any atom is 0.274 e. The van der Waals surface area contributed by atoms with Gasteiger partial charge in [-0.25, -0.2) is 0 Å². The zero-order valence-electron chi connectivity index (χ0n) is 18.6. The van der Waals surface area contributed by atoms with E-state index in [1.165, 1.54) is 5.56 Å². The maximum atomic E-state index is 12.8. The number of hydrogen-bond acceptors (Lipinski definition) is 5. The van der Waals surface area contributed by atoms with Crippen molar-refractivity contribution in [2.24, 2.45) is 7.05 Å². The third-order valence-electron chi connectivity index (χ3n) is 6.44. The molecule has 1 amide bonds. The first kappa shape index (κ1) is 22.0. The fraction of sp³-hybridized carbons (Fsp3) is 0.583. The van der Waals surface area contributed by atoms with Crippen molar-refractivity contribution in [2.45, 2.75) is 50.9 Å². The van der Waals surface area contributed by atoms with Gasteiger partial charge in [0.15, 0.2) is 5.69 Å². The Morgan fingerprint density at radius 2 is 2.00 bits per heavy atom. The highest BCUT2D eigenvalue weighted by molar-refractivity contribution is 5.92. The molecule has 0 saturated carbocycles. The number of benzene rings is 1. The second-order valence-electron chi connectivity index (χ2n) is 8.64. The van der Waals surface area contributed by atoms with E-state index in [2.05, 4.69) is 17.2 Å². The lowest BCUT2D eigenvalue weighted by Gasteiger charge is -2.46. The molecule has 2 aliphatic heterocycles. The fourth-order valence-electron chi connectivity index (χ4n) is 4.46. The lowest BCUT2D eigenvalue weighted by atomic mass is 9.83. The van der Waals surface area contributed by atoms with Gasteiger partial charge in [0, 0.05) is 38.9 Å². The van der Waals surface area contributed by atoms with Crippen LogP contribution in [-0.2, 0) is 27.9 Å². The minimum atomic E-state index is -0.176. The van der Waals surface area contributed by atoms with Gasteiger partial charge in [-0.05, 0) is 37.8 Å². The van der Waals surface area contributed by atoms with Gasteiger partial charge in [-0.3, -0.25) is 9.48 Å². The smallest absolute Gasteiger partial charge is 0.274 e. The summed E-state index contributed by atoms with van der Waals surface area (Å²) in [5, 5.41) is 4.33. The molecule has 4 rings (SSSR count). The van der Waals surface area contributed by atoms with Gasteiger partial charge in [-0.1, -0.05) is 30.3 Å². The fourth-order valence-corrected chi connectivity index (χ4v) is 4.46. The van der Waals surface area contributed by atoms with Gasteiger partial charge in [-0.2, -0.15) is 5.10 Å². The molecular weight excluding hydrogens is 394 g/mol. The summed E-state index contributed by atoms with van der Waals surface area (Å²) in [4.78, 5) is 14.7. The molecule has 7 heteroatoms. The van der Waals surface area contributed by atoms with E-state index in [0.29, 0.717) is 45.2 Å². The van der Waals surface area contributed by atoms with Crippen LogP contribution >= 0.6 is 0 Å². The number of hydrogen-bond donors (Lipinski definition) is 0. The lowest BCUT2D eigenvalue weighted by molar-refractivity contribution is -0.155. The summed E-state index contributed by atoms with van der Waals surface area (Å²) in [7, 11) is 1.86. The molecule has 1 unspecified atom stereocenters. The van der Waals surface area contributed by atoms with Crippen LogP contribution in [-0.4, -0.2) is 65.2 Å². The van der Waals surface area contributed by atoms with E-state index in [4.69, 9.17) is 14.2 Å². The molecule has 1 atom stereocenters. The van der Waals surface area contributed by atoms with Crippen LogP contribution in [0.2, 0.25) is 0 Å². The SMILES string of the molecule is Cc1cc(C(=O)N2CCC3(CC2)CC(OCCOCc2ccccc2)CCO3)nn1C. The van der Waals surface area contributed by atoms with Crippen LogP contribution in [0.15, 0.2) is 36.4 Å². The van der Waals surface area contributed by atoms with Gasteiger partial charge in [0.05, 0.1) is 31.5 Å². The molecule has 2 aliphatic rings. The van der Waals surface area contributed by atoms with Crippen molar-refractivity contribution >= 4 is 5.91 Å². The van der Waals surface area contributed by atoms with Gasteiger partial charge < -0.3 is 19.1 Å². The average Bonchev–Trinajstić information content (AvgIpc) is 3.13. The molecule has 7 nitrogen and oxygen atoms in total. The van der Waals surface area contributed by atoms with Crippen molar-refractivity contribution in [1.82, 2.24) is 14.7 Å². The predicted octanol–water partition coefficient (Wildman–Crippen LogP) is 3.12. The van der Waals surface area contributed by atoms with E-state index in [0.717, 1.165) is 31.4 Å². The van der Waals surface area contributed by atoms with Crippen molar-refractivity contribution in [3.05, 3.63) is 53.3 Å². The first-order chi connectivity index (χ1) is 15.0. The average molecular weight is 428 g/mol. The van der Waals surface area contributed by atoms with Crippen molar-refractivity contribution in [3.8, 4) is 0 Å². The van der Waals surface area contributed by atoms with Crippen LogP contribution in [0, 0.1) is 6.92 Å². The van der Waals surface area contributed by atoms with Crippen LogP contribution in [0.5, 0.6) is 0 Å². The van der Waals surface area contributed by atoms with E-state index >= 15 is 0 Å². The normalized spacial score (nSPS) is 20.8. The molecule has 2 aromatic rings. The molecule has 2 fully saturated rings. The summed E-state index contributed by atoms with van der Waals surface area (Å²) in [6, 6.07) is 12.0. The van der Waals surface area contributed by atoms with Crippen LogP contribution in [0.3, 0.4) is 0 Å². The second kappa shape index (κ2) is 9.94. The summed E-state index contributed by atoms with van der Waals surface area (Å²) >= 11 is 0. The van der Waals surface area contributed by atoms with Crippen molar-refractivity contribution in [1.29, 1.82) is 0 Å². The Morgan fingerprint density at radius 1 is 1.23 bits per heavy atom. The lowest BCUT2D eigenvalue weighted by Crippen LogP contribution is -2.52. The highest BCUT2D eigenvalue weighted by atomic mass is 16.5. The van der Waals surface area contributed by atoms with Crippen molar-refractivity contribution in [3.63, 3.8) is 0 Å². The number of aryl methyl sites for hydroxylation is 2. The molecular formula is C24H33N3O4. The highest BCUT2D eigenvalue weighted by Crippen LogP contribution is 2.36. The van der Waals surface area contributed by atoms with Gasteiger partial charge >= 0.3 is 0 Å². The van der Waals surface area contributed by atoms with E-state index in [9.17, 15) is 4.79 Å². The van der Waals surface area contributed by atoms with Crippen LogP contribution in [0.25, 0.3) is 0 Å². The molecule has 0 N–H and O–H groups in total. The van der Waals surface area contributed by atoms with E-state index in [-0.39, 0.29) is 17.6 Å². The minimum absolute atomic E-state index is 0.0118. The molecule has 0 bridgehead atoms. The standard InChI is InChI=1S/C24H33N3O4/c1-19-16-22(25-26(19)2)23(28)27-11-9-24(10-12-27)17-21(8-13-31-24)30-15-14-29-18-20-6-4-3-5-7-20/h3-7,16,21H,8-15,17-18H2,1-2H3. The maximum absolute atomic E-state index is 12.8. The van der Waals surface area contributed by atoms with Gasteiger partial charge in [-0.15, -0.1) is 0 Å². The first-order valence-electron chi connectivity index (χ1n) is 11.2. The Bertz CT molecular complexity index is 839. The van der Waals surface area contributed by atoms with Crippen LogP contribution in [0.1, 0.15) is 47.4 Å². The number of aromatic nitrogens is 2. The Kier molecular flexibility index (Phi) is 7.05. The largest absolute Gasteiger partial charge is 0.376 e. The summed E-state index contributed by atoms with van der Waals surface area (Å²) in [6.07, 6.45) is 3.67. The number of amides is 1. The Hall–Kier alpha value is -2.22. The molecule has 1 spiro atoms. The topological polar surface area (TPSA) is 65.8 Å². The summed E-state index contributed by atoms with van der Waals surface area (Å²) in [6.45, 7) is 5.85. The molecule has 1 aromatic carbocycles. The molecule has 3 heterocycles. The number of nitrogens with zero attached hydrogens (tertiary/aromatic N) is 3. The second-order valence-corrected chi connectivity index (χ2v) is 8.64. The predicted molar refractivity (Wildman–Crippen MR) is 117 cm³/mol. The number of carbonyl (C=O) groups excluding carboxylic acids is 1.